The third kappa shape index (κ3) is 2.82. The molecule has 0 aliphatic carbocycles. The zero-order valence-electron chi connectivity index (χ0n) is 10.4. The second-order valence-electron chi connectivity index (χ2n) is 4.81. The van der Waals surface area contributed by atoms with Crippen molar-refractivity contribution in [1.29, 1.82) is 0 Å². The van der Waals surface area contributed by atoms with Crippen molar-refractivity contribution in [3.05, 3.63) is 34.9 Å². The summed E-state index contributed by atoms with van der Waals surface area (Å²) in [5.41, 5.74) is 7.49. The lowest BCUT2D eigenvalue weighted by Gasteiger charge is -2.40. The molecule has 1 saturated heterocycles. The highest BCUT2D eigenvalue weighted by Gasteiger charge is 2.30. The van der Waals surface area contributed by atoms with E-state index in [2.05, 4.69) is 17.9 Å². The van der Waals surface area contributed by atoms with E-state index in [0.29, 0.717) is 0 Å². The highest BCUT2D eigenvalue weighted by molar-refractivity contribution is 6.31. The Kier molecular flexibility index (Phi) is 4.43. The van der Waals surface area contributed by atoms with Crippen LogP contribution in [0, 0.1) is 0 Å². The molecule has 1 aliphatic rings. The van der Waals surface area contributed by atoms with E-state index >= 15 is 0 Å². The number of hydrogen-bond donors (Lipinski definition) is 1. The number of piperidine rings is 1. The third-order valence-corrected chi connectivity index (χ3v) is 3.86. The molecule has 1 aromatic carbocycles. The number of likely N-dealkylation sites (tertiary alicyclic amines) is 1. The molecule has 1 aromatic rings. The van der Waals surface area contributed by atoms with Crippen LogP contribution in [0.1, 0.15) is 37.8 Å². The standard InChI is InChI=1S/C14H21ClN2/c1-2-9-17-10-5-8-13(16)14(17)11-6-3-4-7-12(11)15/h3-4,6-7,13-14H,2,5,8-10,16H2,1H3. The van der Waals surface area contributed by atoms with E-state index in [-0.39, 0.29) is 12.1 Å². The minimum Gasteiger partial charge on any atom is -0.326 e. The number of benzene rings is 1. The molecule has 0 radical (unpaired) electrons. The second-order valence-corrected chi connectivity index (χ2v) is 5.22. The van der Waals surface area contributed by atoms with Crippen LogP contribution in [0.15, 0.2) is 24.3 Å². The quantitative estimate of drug-likeness (QED) is 0.895. The van der Waals surface area contributed by atoms with Crippen LogP contribution < -0.4 is 5.73 Å². The average molecular weight is 253 g/mol. The summed E-state index contributed by atoms with van der Waals surface area (Å²) in [6, 6.07) is 8.59. The minimum atomic E-state index is 0.204. The first-order valence-electron chi connectivity index (χ1n) is 6.48. The monoisotopic (exact) mass is 252 g/mol. The van der Waals surface area contributed by atoms with Crippen LogP contribution in [0.4, 0.5) is 0 Å². The number of hydrogen-bond acceptors (Lipinski definition) is 2. The van der Waals surface area contributed by atoms with E-state index in [1.54, 1.807) is 0 Å². The summed E-state index contributed by atoms with van der Waals surface area (Å²) in [5, 5.41) is 0.843. The van der Waals surface area contributed by atoms with Gasteiger partial charge in [0.25, 0.3) is 0 Å². The molecule has 17 heavy (non-hydrogen) atoms. The highest BCUT2D eigenvalue weighted by Crippen LogP contribution is 2.34. The predicted molar refractivity (Wildman–Crippen MR) is 73.3 cm³/mol. The van der Waals surface area contributed by atoms with E-state index in [4.69, 9.17) is 17.3 Å². The van der Waals surface area contributed by atoms with E-state index in [1.807, 2.05) is 18.2 Å². The van der Waals surface area contributed by atoms with Gasteiger partial charge in [-0.2, -0.15) is 0 Å². The van der Waals surface area contributed by atoms with Crippen molar-refractivity contribution in [1.82, 2.24) is 4.90 Å². The second kappa shape index (κ2) is 5.85. The van der Waals surface area contributed by atoms with Crippen LogP contribution in [0.2, 0.25) is 5.02 Å². The lowest BCUT2D eigenvalue weighted by atomic mass is 9.91. The van der Waals surface area contributed by atoms with Crippen molar-refractivity contribution in [2.45, 2.75) is 38.3 Å². The molecule has 94 valence electrons. The topological polar surface area (TPSA) is 29.3 Å². The number of nitrogens with two attached hydrogens (primary N) is 1. The van der Waals surface area contributed by atoms with Crippen molar-refractivity contribution in [2.24, 2.45) is 5.73 Å². The van der Waals surface area contributed by atoms with Crippen LogP contribution in [-0.4, -0.2) is 24.0 Å². The summed E-state index contributed by atoms with van der Waals surface area (Å²) in [6.07, 6.45) is 3.45. The zero-order valence-corrected chi connectivity index (χ0v) is 11.2. The molecule has 1 heterocycles. The van der Waals surface area contributed by atoms with Gasteiger partial charge in [-0.25, -0.2) is 0 Å². The molecule has 2 atom stereocenters. The van der Waals surface area contributed by atoms with E-state index in [1.165, 1.54) is 12.0 Å². The van der Waals surface area contributed by atoms with Crippen LogP contribution in [0.3, 0.4) is 0 Å². The number of rotatable bonds is 3. The number of halogens is 1. The molecule has 0 amide bonds. The fraction of sp³-hybridized carbons (Fsp3) is 0.571. The fourth-order valence-corrected chi connectivity index (χ4v) is 3.03. The molecular weight excluding hydrogens is 232 g/mol. The Morgan fingerprint density at radius 1 is 1.41 bits per heavy atom. The van der Waals surface area contributed by atoms with Crippen molar-refractivity contribution >= 4 is 11.6 Å². The van der Waals surface area contributed by atoms with Crippen LogP contribution in [0.5, 0.6) is 0 Å². The van der Waals surface area contributed by atoms with Crippen LogP contribution in [-0.2, 0) is 0 Å². The largest absolute Gasteiger partial charge is 0.326 e. The Balaban J connectivity index is 2.28. The van der Waals surface area contributed by atoms with Gasteiger partial charge in [0, 0.05) is 11.1 Å². The molecule has 2 nitrogen and oxygen atoms in total. The molecule has 0 spiro atoms. The highest BCUT2D eigenvalue weighted by atomic mass is 35.5. The van der Waals surface area contributed by atoms with Crippen molar-refractivity contribution < 1.29 is 0 Å². The summed E-state index contributed by atoms with van der Waals surface area (Å²) in [5.74, 6) is 0. The van der Waals surface area contributed by atoms with Gasteiger partial charge in [-0.15, -0.1) is 0 Å². The third-order valence-electron chi connectivity index (χ3n) is 3.52. The Labute approximate surface area is 109 Å². The summed E-state index contributed by atoms with van der Waals surface area (Å²) in [7, 11) is 0. The Bertz CT molecular complexity index is 365. The summed E-state index contributed by atoms with van der Waals surface area (Å²) in [6.45, 7) is 4.45. The lowest BCUT2D eigenvalue weighted by molar-refractivity contribution is 0.129. The Hall–Kier alpha value is -0.570. The minimum absolute atomic E-state index is 0.204. The van der Waals surface area contributed by atoms with Crippen molar-refractivity contribution in [3.63, 3.8) is 0 Å². The normalized spacial score (nSPS) is 26.1. The summed E-state index contributed by atoms with van der Waals surface area (Å²) < 4.78 is 0. The lowest BCUT2D eigenvalue weighted by Crippen LogP contribution is -2.46. The molecule has 0 bridgehead atoms. The van der Waals surface area contributed by atoms with Crippen LogP contribution >= 0.6 is 11.6 Å². The van der Waals surface area contributed by atoms with Gasteiger partial charge >= 0.3 is 0 Å². The van der Waals surface area contributed by atoms with E-state index in [9.17, 15) is 0 Å². The first kappa shape index (κ1) is 12.9. The van der Waals surface area contributed by atoms with Gasteiger partial charge in [-0.3, -0.25) is 4.90 Å². The summed E-state index contributed by atoms with van der Waals surface area (Å²) >= 11 is 6.31. The van der Waals surface area contributed by atoms with Crippen LogP contribution in [0.25, 0.3) is 0 Å². The van der Waals surface area contributed by atoms with E-state index in [0.717, 1.165) is 31.0 Å². The maximum absolute atomic E-state index is 6.31. The number of nitrogens with zero attached hydrogens (tertiary/aromatic N) is 1. The fourth-order valence-electron chi connectivity index (χ4n) is 2.78. The van der Waals surface area contributed by atoms with Gasteiger partial charge < -0.3 is 5.73 Å². The zero-order chi connectivity index (χ0) is 12.3. The smallest absolute Gasteiger partial charge is 0.0513 e. The van der Waals surface area contributed by atoms with Gasteiger partial charge in [0.05, 0.1) is 6.04 Å². The van der Waals surface area contributed by atoms with E-state index < -0.39 is 0 Å². The van der Waals surface area contributed by atoms with Gasteiger partial charge in [0.2, 0.25) is 0 Å². The molecule has 2 unspecified atom stereocenters. The Morgan fingerprint density at radius 2 is 2.18 bits per heavy atom. The summed E-state index contributed by atoms with van der Waals surface area (Å²) in [4.78, 5) is 2.48. The molecule has 0 aromatic heterocycles. The van der Waals surface area contributed by atoms with Gasteiger partial charge in [-0.1, -0.05) is 36.7 Å². The first-order valence-corrected chi connectivity index (χ1v) is 6.86. The predicted octanol–water partition coefficient (Wildman–Crippen LogP) is 3.21. The molecule has 1 aliphatic heterocycles. The molecule has 0 saturated carbocycles. The SMILES string of the molecule is CCCN1CCCC(N)C1c1ccccc1Cl. The molecule has 2 rings (SSSR count). The molecule has 1 fully saturated rings. The maximum atomic E-state index is 6.31. The average Bonchev–Trinajstić information content (AvgIpc) is 2.31. The molecule has 3 heteroatoms. The first-order chi connectivity index (χ1) is 8.24. The van der Waals surface area contributed by atoms with Crippen molar-refractivity contribution in [3.8, 4) is 0 Å². The molecule has 2 N–H and O–H groups in total. The Morgan fingerprint density at radius 3 is 2.88 bits per heavy atom. The van der Waals surface area contributed by atoms with Gasteiger partial charge in [-0.05, 0) is 44.0 Å². The van der Waals surface area contributed by atoms with Gasteiger partial charge in [0.1, 0.15) is 0 Å². The molecular formula is C14H21ClN2. The maximum Gasteiger partial charge on any atom is 0.0513 e. The van der Waals surface area contributed by atoms with Gasteiger partial charge in [0.15, 0.2) is 0 Å². The van der Waals surface area contributed by atoms with Crippen molar-refractivity contribution in [2.75, 3.05) is 13.1 Å².